The van der Waals surface area contributed by atoms with Crippen molar-refractivity contribution in [2.75, 3.05) is 19.6 Å². The zero-order valence-corrected chi connectivity index (χ0v) is 25.3. The van der Waals surface area contributed by atoms with E-state index >= 15 is 0 Å². The first-order chi connectivity index (χ1) is 20.9. The van der Waals surface area contributed by atoms with Crippen molar-refractivity contribution in [3.63, 3.8) is 0 Å². The van der Waals surface area contributed by atoms with Gasteiger partial charge >= 0.3 is 11.8 Å². The quantitative estimate of drug-likeness (QED) is 0.452. The molecule has 3 aliphatic heterocycles. The van der Waals surface area contributed by atoms with Crippen LogP contribution < -0.4 is 16.6 Å². The lowest BCUT2D eigenvalue weighted by Gasteiger charge is -2.44. The number of fused-ring (bicyclic) bond motifs is 4. The fourth-order valence-corrected chi connectivity index (χ4v) is 7.47. The zero-order chi connectivity index (χ0) is 31.3. The van der Waals surface area contributed by atoms with Gasteiger partial charge in [-0.2, -0.15) is 0 Å². The number of nitrogens with zero attached hydrogens (tertiary/aromatic N) is 5. The number of piperidine rings is 3. The summed E-state index contributed by atoms with van der Waals surface area (Å²) in [4.78, 5) is 61.2. The zero-order valence-electron chi connectivity index (χ0n) is 25.3. The Hall–Kier alpha value is -4.06. The van der Waals surface area contributed by atoms with Crippen LogP contribution >= 0.6 is 0 Å². The molecule has 4 fully saturated rings. The van der Waals surface area contributed by atoms with Gasteiger partial charge in [-0.25, -0.2) is 23.5 Å². The minimum Gasteiger partial charge on any atom is -0.465 e. The van der Waals surface area contributed by atoms with Crippen molar-refractivity contribution in [1.29, 1.82) is 0 Å². The molecule has 0 spiro atoms. The highest BCUT2D eigenvalue weighted by Crippen LogP contribution is 2.33. The summed E-state index contributed by atoms with van der Waals surface area (Å²) >= 11 is 0. The lowest BCUT2D eigenvalue weighted by atomic mass is 9.84. The van der Waals surface area contributed by atoms with Gasteiger partial charge in [-0.05, 0) is 103 Å². The van der Waals surface area contributed by atoms with Gasteiger partial charge in [-0.1, -0.05) is 6.07 Å². The number of halogens is 1. The third-order valence-electron chi connectivity index (χ3n) is 9.56. The van der Waals surface area contributed by atoms with Crippen molar-refractivity contribution >= 4 is 23.0 Å². The minimum atomic E-state index is -1.01. The molecule has 2 aromatic heterocycles. The molecule has 4 aliphatic rings. The Bertz CT molecular complexity index is 1710. The molecular weight excluding hydrogens is 567 g/mol. The minimum absolute atomic E-state index is 0.00562. The summed E-state index contributed by atoms with van der Waals surface area (Å²) in [5, 5.41) is 13.0. The summed E-state index contributed by atoms with van der Waals surface area (Å²) in [6.07, 6.45) is 3.80. The number of pyridine rings is 1. The van der Waals surface area contributed by atoms with Gasteiger partial charge in [0.05, 0.1) is 17.3 Å². The van der Waals surface area contributed by atoms with Crippen LogP contribution in [0, 0.1) is 11.7 Å². The summed E-state index contributed by atoms with van der Waals surface area (Å²) in [5.74, 6) is -0.499. The fourth-order valence-electron chi connectivity index (χ4n) is 7.47. The van der Waals surface area contributed by atoms with Gasteiger partial charge in [0.25, 0.3) is 11.5 Å². The van der Waals surface area contributed by atoms with Gasteiger partial charge in [-0.3, -0.25) is 14.2 Å². The lowest BCUT2D eigenvalue weighted by Crippen LogP contribution is -2.57. The number of carbonyl (C=O) groups excluding carboxylic acids is 1. The number of rotatable bonds is 5. The summed E-state index contributed by atoms with van der Waals surface area (Å²) in [6.45, 7) is 8.46. The predicted octanol–water partition coefficient (Wildman–Crippen LogP) is 3.77. The van der Waals surface area contributed by atoms with Gasteiger partial charge in [-0.15, -0.1) is 0 Å². The number of amides is 2. The average molecular weight is 607 g/mol. The molecule has 234 valence electrons. The number of carboxylic acid groups (broad SMARTS) is 1. The second-order valence-corrected chi connectivity index (χ2v) is 13.4. The molecule has 11 nitrogen and oxygen atoms in total. The van der Waals surface area contributed by atoms with E-state index in [4.69, 9.17) is 0 Å². The Balaban J connectivity index is 1.35. The first-order valence-corrected chi connectivity index (χ1v) is 15.4. The molecule has 1 unspecified atom stereocenters. The van der Waals surface area contributed by atoms with Crippen LogP contribution in [0.5, 0.6) is 0 Å². The van der Waals surface area contributed by atoms with E-state index in [0.29, 0.717) is 42.9 Å². The number of nitrogens with one attached hydrogen (secondary N) is 1. The SMILES string of the molecule is CC(C)(C)N(C(=O)O)[C@H]1CC[C@@H](n2c(=O)c3cc(F)cnc3n(-c3cccc(C(=O)NC4CN5CCC4CC5)c3)c2=O)CC1. The monoisotopic (exact) mass is 606 g/mol. The van der Waals surface area contributed by atoms with Crippen molar-refractivity contribution in [2.24, 2.45) is 5.92 Å². The maximum Gasteiger partial charge on any atom is 0.407 e. The molecule has 44 heavy (non-hydrogen) atoms. The van der Waals surface area contributed by atoms with Crippen LogP contribution in [0.2, 0.25) is 0 Å². The van der Waals surface area contributed by atoms with E-state index in [1.165, 1.54) is 9.47 Å². The Kier molecular flexibility index (Phi) is 7.81. The summed E-state index contributed by atoms with van der Waals surface area (Å²) in [6, 6.07) is 7.00. The molecule has 0 radical (unpaired) electrons. The Labute approximate surface area is 254 Å². The highest BCUT2D eigenvalue weighted by atomic mass is 19.1. The molecule has 1 atom stereocenters. The Morgan fingerprint density at radius 1 is 1.05 bits per heavy atom. The molecule has 2 bridgehead atoms. The van der Waals surface area contributed by atoms with Crippen molar-refractivity contribution in [3.05, 3.63) is 68.7 Å². The molecule has 12 heteroatoms. The molecule has 2 N–H and O–H groups in total. The van der Waals surface area contributed by atoms with Crippen molar-refractivity contribution < 1.29 is 19.1 Å². The van der Waals surface area contributed by atoms with E-state index in [2.05, 4.69) is 15.2 Å². The summed E-state index contributed by atoms with van der Waals surface area (Å²) in [7, 11) is 0. The van der Waals surface area contributed by atoms with Crippen LogP contribution in [0.15, 0.2) is 46.1 Å². The number of aromatic nitrogens is 3. The van der Waals surface area contributed by atoms with Crippen LogP contribution in [-0.2, 0) is 0 Å². The summed E-state index contributed by atoms with van der Waals surface area (Å²) < 4.78 is 16.8. The van der Waals surface area contributed by atoms with Crippen LogP contribution in [0.4, 0.5) is 9.18 Å². The van der Waals surface area contributed by atoms with Gasteiger partial charge in [0.15, 0.2) is 5.65 Å². The molecule has 1 aromatic carbocycles. The van der Waals surface area contributed by atoms with Gasteiger partial charge < -0.3 is 20.2 Å². The molecule has 5 heterocycles. The Morgan fingerprint density at radius 2 is 1.75 bits per heavy atom. The van der Waals surface area contributed by atoms with E-state index in [1.54, 1.807) is 24.3 Å². The van der Waals surface area contributed by atoms with E-state index in [9.17, 15) is 28.7 Å². The average Bonchev–Trinajstić information content (AvgIpc) is 2.98. The Morgan fingerprint density at radius 3 is 2.36 bits per heavy atom. The first-order valence-electron chi connectivity index (χ1n) is 15.4. The summed E-state index contributed by atoms with van der Waals surface area (Å²) in [5.41, 5.74) is -1.16. The maximum absolute atomic E-state index is 14.4. The van der Waals surface area contributed by atoms with E-state index in [0.717, 1.165) is 49.3 Å². The van der Waals surface area contributed by atoms with Gasteiger partial charge in [0.2, 0.25) is 0 Å². The number of carbonyl (C=O) groups is 2. The molecule has 2 amide bonds. The largest absolute Gasteiger partial charge is 0.465 e. The van der Waals surface area contributed by atoms with Gasteiger partial charge in [0.1, 0.15) is 5.82 Å². The van der Waals surface area contributed by atoms with Gasteiger partial charge in [0, 0.05) is 35.8 Å². The van der Waals surface area contributed by atoms with Crippen LogP contribution in [0.3, 0.4) is 0 Å². The molecule has 3 aromatic rings. The third kappa shape index (κ3) is 5.51. The van der Waals surface area contributed by atoms with Crippen molar-refractivity contribution in [3.8, 4) is 5.69 Å². The number of benzene rings is 1. The second kappa shape index (κ2) is 11.5. The molecule has 3 saturated heterocycles. The van der Waals surface area contributed by atoms with E-state index < -0.39 is 34.7 Å². The fraction of sp³-hybridized carbons (Fsp3) is 0.531. The van der Waals surface area contributed by atoms with E-state index in [-0.39, 0.29) is 29.0 Å². The standard InChI is InChI=1S/C32H39FN6O5/c1-32(2,3)39(31(43)44)23-9-7-22(8-10-23)38-29(41)25-16-21(33)17-34-27(25)37(30(38)42)24-6-4-5-20(15-24)28(40)35-26-18-36-13-11-19(26)12-14-36/h4-6,15-17,19,22-23,26H,7-14,18H2,1-3H3,(H,35,40)(H,43,44)/t22-,23+,26?. The van der Waals surface area contributed by atoms with Crippen LogP contribution in [-0.4, -0.2) is 78.3 Å². The lowest BCUT2D eigenvalue weighted by molar-refractivity contribution is 0.0506. The topological polar surface area (TPSA) is 130 Å². The highest BCUT2D eigenvalue weighted by molar-refractivity contribution is 5.95. The second-order valence-electron chi connectivity index (χ2n) is 13.4. The molecule has 7 rings (SSSR count). The number of hydrogen-bond acceptors (Lipinski definition) is 6. The first kappa shape index (κ1) is 30.0. The third-order valence-corrected chi connectivity index (χ3v) is 9.56. The van der Waals surface area contributed by atoms with E-state index in [1.807, 2.05) is 20.8 Å². The predicted molar refractivity (Wildman–Crippen MR) is 163 cm³/mol. The smallest absolute Gasteiger partial charge is 0.407 e. The number of hydrogen-bond donors (Lipinski definition) is 2. The van der Waals surface area contributed by atoms with Crippen molar-refractivity contribution in [1.82, 2.24) is 29.2 Å². The highest BCUT2D eigenvalue weighted by Gasteiger charge is 2.37. The normalized spacial score (nSPS) is 25.1. The van der Waals surface area contributed by atoms with Crippen molar-refractivity contribution in [2.45, 2.75) is 83.0 Å². The van der Waals surface area contributed by atoms with Crippen LogP contribution in [0.1, 0.15) is 75.7 Å². The molecule has 1 saturated carbocycles. The maximum atomic E-state index is 14.4. The molecule has 1 aliphatic carbocycles. The van der Waals surface area contributed by atoms with Crippen LogP contribution in [0.25, 0.3) is 16.7 Å². The molecular formula is C32H39FN6O5.